The van der Waals surface area contributed by atoms with Crippen LogP contribution in [-0.4, -0.2) is 30.9 Å². The zero-order chi connectivity index (χ0) is 11.1. The van der Waals surface area contributed by atoms with Gasteiger partial charge in [0.25, 0.3) is 5.91 Å². The molecule has 1 amide bonds. The summed E-state index contributed by atoms with van der Waals surface area (Å²) in [6.07, 6.45) is 1.73. The number of sulfonamides is 1. The Kier molecular flexibility index (Phi) is 2.59. The molecule has 0 spiro atoms. The second-order valence-electron chi connectivity index (χ2n) is 3.19. The molecule has 0 unspecified atom stereocenters. The van der Waals surface area contributed by atoms with E-state index in [1.165, 1.54) is 12.3 Å². The molecule has 82 valence electrons. The smallest absolute Gasteiger partial charge is 0.270 e. The van der Waals surface area contributed by atoms with E-state index in [1.54, 1.807) is 0 Å². The Bertz CT molecular complexity index is 492. The second-order valence-corrected chi connectivity index (χ2v) is 5.98. The van der Waals surface area contributed by atoms with E-state index in [0.29, 0.717) is 11.1 Å². The summed E-state index contributed by atoms with van der Waals surface area (Å²) in [6, 6.07) is 1.45. The van der Waals surface area contributed by atoms with Crippen molar-refractivity contribution in [2.75, 3.05) is 12.3 Å². The molecule has 0 radical (unpaired) electrons. The summed E-state index contributed by atoms with van der Waals surface area (Å²) in [5, 5.41) is 0. The maximum atomic E-state index is 11.7. The van der Waals surface area contributed by atoms with E-state index in [9.17, 15) is 13.2 Å². The Morgan fingerprint density at radius 1 is 1.53 bits per heavy atom. The normalized spacial score (nSPS) is 19.4. The molecule has 1 aliphatic rings. The largest absolute Gasteiger partial charge is 0.457 e. The Hall–Kier alpha value is -0.820. The number of rotatable bonds is 1. The maximum absolute atomic E-state index is 11.7. The standard InChI is InChI=1S/C8H8BrNO4S/c9-7-4-6(5-14-7)8(11)10-2-1-3-15(10,12)13/h4-5H,1-3H2. The SMILES string of the molecule is O=C(c1coc(Br)c1)N1CCCS1(=O)=O. The topological polar surface area (TPSA) is 67.6 Å². The molecule has 7 heteroatoms. The Morgan fingerprint density at radius 3 is 2.73 bits per heavy atom. The molecule has 0 aromatic carbocycles. The van der Waals surface area contributed by atoms with Crippen LogP contribution in [0.2, 0.25) is 0 Å². The summed E-state index contributed by atoms with van der Waals surface area (Å²) in [7, 11) is -3.40. The Morgan fingerprint density at radius 2 is 2.27 bits per heavy atom. The molecule has 1 aromatic heterocycles. The van der Waals surface area contributed by atoms with Gasteiger partial charge < -0.3 is 4.42 Å². The fourth-order valence-corrected chi connectivity index (χ4v) is 3.25. The molecule has 0 saturated carbocycles. The molecule has 1 aromatic rings. The Labute approximate surface area is 95.2 Å². The first-order valence-corrected chi connectivity index (χ1v) is 6.70. The lowest BCUT2D eigenvalue weighted by molar-refractivity contribution is 0.0869. The molecule has 0 atom stereocenters. The Balaban J connectivity index is 2.29. The molecular weight excluding hydrogens is 286 g/mol. The van der Waals surface area contributed by atoms with Crippen molar-refractivity contribution in [1.29, 1.82) is 0 Å². The van der Waals surface area contributed by atoms with Crippen molar-refractivity contribution in [3.05, 3.63) is 22.6 Å². The van der Waals surface area contributed by atoms with Crippen molar-refractivity contribution < 1.29 is 17.6 Å². The number of amides is 1. The summed E-state index contributed by atoms with van der Waals surface area (Å²) < 4.78 is 29.1. The van der Waals surface area contributed by atoms with E-state index in [-0.39, 0.29) is 17.9 Å². The zero-order valence-electron chi connectivity index (χ0n) is 7.64. The van der Waals surface area contributed by atoms with Gasteiger partial charge in [0.1, 0.15) is 6.26 Å². The van der Waals surface area contributed by atoms with E-state index in [2.05, 4.69) is 15.9 Å². The van der Waals surface area contributed by atoms with Crippen LogP contribution in [-0.2, 0) is 10.0 Å². The van der Waals surface area contributed by atoms with Crippen molar-refractivity contribution in [3.8, 4) is 0 Å². The number of hydrogen-bond donors (Lipinski definition) is 0. The quantitative estimate of drug-likeness (QED) is 0.781. The van der Waals surface area contributed by atoms with Gasteiger partial charge in [-0.2, -0.15) is 0 Å². The summed E-state index contributed by atoms with van der Waals surface area (Å²) in [5.41, 5.74) is 0.243. The van der Waals surface area contributed by atoms with Crippen LogP contribution in [0.1, 0.15) is 16.8 Å². The van der Waals surface area contributed by atoms with Gasteiger partial charge in [0.2, 0.25) is 10.0 Å². The maximum Gasteiger partial charge on any atom is 0.270 e. The number of carbonyl (C=O) groups excluding carboxylic acids is 1. The average molecular weight is 294 g/mol. The highest BCUT2D eigenvalue weighted by molar-refractivity contribution is 9.10. The number of carbonyl (C=O) groups is 1. The van der Waals surface area contributed by atoms with Crippen molar-refractivity contribution in [2.24, 2.45) is 0 Å². The van der Waals surface area contributed by atoms with Gasteiger partial charge >= 0.3 is 0 Å². The molecule has 1 aliphatic heterocycles. The number of furan rings is 1. The lowest BCUT2D eigenvalue weighted by Crippen LogP contribution is -2.32. The minimum absolute atomic E-state index is 0.0394. The van der Waals surface area contributed by atoms with Crippen LogP contribution in [0.25, 0.3) is 0 Å². The van der Waals surface area contributed by atoms with E-state index in [0.717, 1.165) is 4.31 Å². The molecular formula is C8H8BrNO4S. The minimum atomic E-state index is -3.40. The van der Waals surface area contributed by atoms with Crippen LogP contribution in [0, 0.1) is 0 Å². The monoisotopic (exact) mass is 293 g/mol. The number of halogens is 1. The van der Waals surface area contributed by atoms with Crippen LogP contribution in [0.3, 0.4) is 0 Å². The van der Waals surface area contributed by atoms with Gasteiger partial charge in [-0.1, -0.05) is 0 Å². The minimum Gasteiger partial charge on any atom is -0.457 e. The summed E-state index contributed by atoms with van der Waals surface area (Å²) >= 11 is 3.05. The summed E-state index contributed by atoms with van der Waals surface area (Å²) in [4.78, 5) is 11.7. The molecule has 2 heterocycles. The van der Waals surface area contributed by atoms with Gasteiger partial charge in [-0.05, 0) is 22.4 Å². The van der Waals surface area contributed by atoms with Crippen LogP contribution in [0.15, 0.2) is 21.4 Å². The lowest BCUT2D eigenvalue weighted by Gasteiger charge is -2.12. The van der Waals surface area contributed by atoms with Crippen LogP contribution in [0.4, 0.5) is 0 Å². The number of nitrogens with zero attached hydrogens (tertiary/aromatic N) is 1. The van der Waals surface area contributed by atoms with Gasteiger partial charge in [0.05, 0.1) is 11.3 Å². The number of hydrogen-bond acceptors (Lipinski definition) is 4. The van der Waals surface area contributed by atoms with Gasteiger partial charge in [0, 0.05) is 12.6 Å². The second kappa shape index (κ2) is 3.64. The van der Waals surface area contributed by atoms with E-state index in [4.69, 9.17) is 4.42 Å². The zero-order valence-corrected chi connectivity index (χ0v) is 10.0. The van der Waals surface area contributed by atoms with Crippen LogP contribution in [0.5, 0.6) is 0 Å². The third-order valence-corrected chi connectivity index (χ3v) is 4.38. The summed E-state index contributed by atoms with van der Waals surface area (Å²) in [5.74, 6) is -0.487. The van der Waals surface area contributed by atoms with Gasteiger partial charge in [-0.25, -0.2) is 12.7 Å². The summed E-state index contributed by atoms with van der Waals surface area (Å²) in [6.45, 7) is 0.254. The lowest BCUT2D eigenvalue weighted by atomic mass is 10.3. The van der Waals surface area contributed by atoms with Gasteiger partial charge in [0.15, 0.2) is 4.67 Å². The van der Waals surface area contributed by atoms with Gasteiger partial charge in [-0.15, -0.1) is 0 Å². The van der Waals surface area contributed by atoms with Crippen molar-refractivity contribution in [1.82, 2.24) is 4.31 Å². The predicted molar refractivity (Wildman–Crippen MR) is 55.8 cm³/mol. The highest BCUT2D eigenvalue weighted by Gasteiger charge is 2.33. The average Bonchev–Trinajstić information content (AvgIpc) is 2.70. The van der Waals surface area contributed by atoms with E-state index in [1.807, 2.05) is 0 Å². The first-order valence-electron chi connectivity index (χ1n) is 4.29. The molecule has 0 bridgehead atoms. The fraction of sp³-hybridized carbons (Fsp3) is 0.375. The predicted octanol–water partition coefficient (Wildman–Crippen LogP) is 1.22. The molecule has 15 heavy (non-hydrogen) atoms. The van der Waals surface area contributed by atoms with E-state index >= 15 is 0 Å². The third-order valence-electron chi connectivity index (χ3n) is 2.14. The first kappa shape index (κ1) is 10.7. The highest BCUT2D eigenvalue weighted by Crippen LogP contribution is 2.20. The molecule has 2 rings (SSSR count). The first-order chi connectivity index (χ1) is 7.00. The molecule has 5 nitrogen and oxygen atoms in total. The molecule has 0 N–H and O–H groups in total. The molecule has 1 fully saturated rings. The van der Waals surface area contributed by atoms with Crippen molar-refractivity contribution >= 4 is 31.9 Å². The van der Waals surface area contributed by atoms with Crippen LogP contribution < -0.4 is 0 Å². The van der Waals surface area contributed by atoms with Gasteiger partial charge in [-0.3, -0.25) is 4.79 Å². The molecule has 0 aliphatic carbocycles. The van der Waals surface area contributed by atoms with Crippen molar-refractivity contribution in [2.45, 2.75) is 6.42 Å². The highest BCUT2D eigenvalue weighted by atomic mass is 79.9. The fourth-order valence-electron chi connectivity index (χ4n) is 1.43. The van der Waals surface area contributed by atoms with Crippen molar-refractivity contribution in [3.63, 3.8) is 0 Å². The third kappa shape index (κ3) is 1.93. The van der Waals surface area contributed by atoms with Crippen LogP contribution >= 0.6 is 15.9 Å². The van der Waals surface area contributed by atoms with E-state index < -0.39 is 15.9 Å². The molecule has 1 saturated heterocycles.